The molecule has 0 unspecified atom stereocenters. The summed E-state index contributed by atoms with van der Waals surface area (Å²) in [5.74, 6) is 0.488. The van der Waals surface area contributed by atoms with Crippen LogP contribution in [0.3, 0.4) is 0 Å². The molecule has 0 aromatic carbocycles. The van der Waals surface area contributed by atoms with Crippen molar-refractivity contribution >= 4 is 5.57 Å². The van der Waals surface area contributed by atoms with Crippen molar-refractivity contribution in [1.82, 2.24) is 30.8 Å². The molecule has 2 N–H and O–H groups in total. The molecule has 0 spiro atoms. The van der Waals surface area contributed by atoms with Gasteiger partial charge in [0.1, 0.15) is 5.69 Å². The number of aromatic amines is 2. The van der Waals surface area contributed by atoms with Gasteiger partial charge in [-0.05, 0) is 18.2 Å². The van der Waals surface area contributed by atoms with Crippen molar-refractivity contribution in [2.75, 3.05) is 0 Å². The second-order valence-corrected chi connectivity index (χ2v) is 3.26. The second kappa shape index (κ2) is 7.75. The molecular weight excluding hydrogens is 240 g/mol. The number of nitrogens with zero attached hydrogens (tertiary/aromatic N) is 4. The monoisotopic (exact) mass is 258 g/mol. The van der Waals surface area contributed by atoms with Crippen LogP contribution < -0.4 is 0 Å². The third kappa shape index (κ3) is 3.74. The maximum atomic E-state index is 4.20. The van der Waals surface area contributed by atoms with Gasteiger partial charge in [-0.1, -0.05) is 44.7 Å². The second-order valence-electron chi connectivity index (χ2n) is 3.26. The average Bonchev–Trinajstić information content (AvgIpc) is 3.12. The summed E-state index contributed by atoms with van der Waals surface area (Å²) >= 11 is 0. The molecule has 0 atom stereocenters. The van der Waals surface area contributed by atoms with Gasteiger partial charge in [0, 0.05) is 5.57 Å². The van der Waals surface area contributed by atoms with E-state index in [4.69, 9.17) is 0 Å². The molecule has 2 aromatic rings. The summed E-state index contributed by atoms with van der Waals surface area (Å²) in [6.45, 7) is 9.63. The van der Waals surface area contributed by atoms with E-state index in [1.165, 1.54) is 0 Å². The summed E-state index contributed by atoms with van der Waals surface area (Å²) in [6.07, 6.45) is 7.50. The Morgan fingerprint density at radius 3 is 2.68 bits per heavy atom. The molecule has 0 saturated heterocycles. The number of rotatable bonds is 4. The number of H-pyrrole nitrogens is 2. The molecule has 0 fully saturated rings. The molecule has 19 heavy (non-hydrogen) atoms. The van der Waals surface area contributed by atoms with Gasteiger partial charge in [-0.15, -0.1) is 10.2 Å². The fraction of sp³-hybridized carbons (Fsp3) is 0.231. The van der Waals surface area contributed by atoms with Gasteiger partial charge in [-0.3, -0.25) is 5.10 Å². The third-order valence-corrected chi connectivity index (χ3v) is 2.10. The van der Waals surface area contributed by atoms with Crippen LogP contribution in [0.15, 0.2) is 36.9 Å². The van der Waals surface area contributed by atoms with Crippen LogP contribution in [0.1, 0.15) is 26.5 Å². The molecule has 0 bridgehead atoms. The first-order chi connectivity index (χ1) is 9.35. The van der Waals surface area contributed by atoms with Crippen LogP contribution in [0.25, 0.3) is 17.1 Å². The largest absolute Gasteiger partial charge is 0.274 e. The third-order valence-electron chi connectivity index (χ3n) is 2.10. The van der Waals surface area contributed by atoms with Crippen molar-refractivity contribution in [2.24, 2.45) is 0 Å². The Hall–Kier alpha value is -2.50. The lowest BCUT2D eigenvalue weighted by Crippen LogP contribution is -1.80. The van der Waals surface area contributed by atoms with Crippen molar-refractivity contribution < 1.29 is 0 Å². The molecule has 2 heterocycles. The number of aromatic nitrogens is 6. The topological polar surface area (TPSA) is 83.1 Å². The Morgan fingerprint density at radius 2 is 2.11 bits per heavy atom. The van der Waals surface area contributed by atoms with Crippen LogP contribution in [0.4, 0.5) is 0 Å². The maximum Gasteiger partial charge on any atom is 0.222 e. The zero-order chi connectivity index (χ0) is 14.1. The average molecular weight is 258 g/mol. The number of nitrogens with one attached hydrogen (secondary N) is 2. The molecule has 0 aliphatic carbocycles. The number of hydrogen-bond acceptors (Lipinski definition) is 4. The van der Waals surface area contributed by atoms with Gasteiger partial charge in [0.25, 0.3) is 0 Å². The Morgan fingerprint density at radius 1 is 1.32 bits per heavy atom. The van der Waals surface area contributed by atoms with E-state index in [2.05, 4.69) is 37.4 Å². The number of allylic oxidation sites excluding steroid dienone is 5. The molecule has 0 aliphatic rings. The van der Waals surface area contributed by atoms with E-state index >= 15 is 0 Å². The van der Waals surface area contributed by atoms with Gasteiger partial charge in [0.05, 0.1) is 5.69 Å². The first-order valence-electron chi connectivity index (χ1n) is 6.10. The molecule has 6 nitrogen and oxygen atoms in total. The first kappa shape index (κ1) is 14.6. The van der Waals surface area contributed by atoms with E-state index in [0.29, 0.717) is 11.5 Å². The maximum absolute atomic E-state index is 4.20. The molecule has 0 radical (unpaired) electrons. The summed E-state index contributed by atoms with van der Waals surface area (Å²) in [6, 6.07) is 1.86. The van der Waals surface area contributed by atoms with Crippen molar-refractivity contribution in [1.29, 1.82) is 0 Å². The van der Waals surface area contributed by atoms with Gasteiger partial charge < -0.3 is 0 Å². The van der Waals surface area contributed by atoms with E-state index in [1.807, 2.05) is 45.1 Å². The summed E-state index contributed by atoms with van der Waals surface area (Å²) in [4.78, 5) is 0. The fourth-order valence-electron chi connectivity index (χ4n) is 1.39. The van der Waals surface area contributed by atoms with Crippen LogP contribution in [-0.4, -0.2) is 30.8 Å². The van der Waals surface area contributed by atoms with Crippen LogP contribution >= 0.6 is 0 Å². The molecule has 2 rings (SSSR count). The highest BCUT2D eigenvalue weighted by atomic mass is 15.5. The van der Waals surface area contributed by atoms with Gasteiger partial charge in [-0.25, -0.2) is 0 Å². The minimum absolute atomic E-state index is 0.488. The van der Waals surface area contributed by atoms with Crippen molar-refractivity contribution in [2.45, 2.75) is 20.8 Å². The molecule has 2 aromatic heterocycles. The summed E-state index contributed by atoms with van der Waals surface area (Å²) in [7, 11) is 0. The zero-order valence-corrected chi connectivity index (χ0v) is 11.4. The highest BCUT2D eigenvalue weighted by Gasteiger charge is 2.08. The Kier molecular flexibility index (Phi) is 5.94. The minimum atomic E-state index is 0.488. The Labute approximate surface area is 112 Å². The van der Waals surface area contributed by atoms with Gasteiger partial charge in [0.2, 0.25) is 5.82 Å². The lowest BCUT2D eigenvalue weighted by Gasteiger charge is -1.93. The Bertz CT molecular complexity index is 547. The van der Waals surface area contributed by atoms with E-state index in [1.54, 1.807) is 6.08 Å². The van der Waals surface area contributed by atoms with E-state index in [0.717, 1.165) is 11.3 Å². The Balaban J connectivity index is 0.000000861. The van der Waals surface area contributed by atoms with Crippen molar-refractivity contribution in [3.63, 3.8) is 0 Å². The van der Waals surface area contributed by atoms with E-state index < -0.39 is 0 Å². The molecule has 0 aliphatic heterocycles. The van der Waals surface area contributed by atoms with Crippen LogP contribution in [0.2, 0.25) is 0 Å². The highest BCUT2D eigenvalue weighted by molar-refractivity contribution is 5.74. The lowest BCUT2D eigenvalue weighted by molar-refractivity contribution is 0.881. The van der Waals surface area contributed by atoms with Crippen LogP contribution in [0.5, 0.6) is 0 Å². The van der Waals surface area contributed by atoms with E-state index in [9.17, 15) is 0 Å². The van der Waals surface area contributed by atoms with Crippen LogP contribution in [0, 0.1) is 0 Å². The predicted molar refractivity (Wildman–Crippen MR) is 76.1 cm³/mol. The molecule has 6 heteroatoms. The van der Waals surface area contributed by atoms with Gasteiger partial charge >= 0.3 is 0 Å². The zero-order valence-electron chi connectivity index (χ0n) is 11.4. The van der Waals surface area contributed by atoms with Gasteiger partial charge in [0.15, 0.2) is 0 Å². The molecule has 100 valence electrons. The standard InChI is InChI=1S/C11H12N6.C2H6/c1-3-5-8(6-4-2)9-7-10(13-12-9)11-14-16-17-15-11;1-2/h3-7H,1H2,2H3,(H,12,13)(H,14,15,16,17);1-2H3/b6-4-,8-5+;. The number of hydrogen-bond donors (Lipinski definition) is 2. The summed E-state index contributed by atoms with van der Waals surface area (Å²) in [5, 5.41) is 20.7. The number of tetrazole rings is 1. The highest BCUT2D eigenvalue weighted by Crippen LogP contribution is 2.18. The van der Waals surface area contributed by atoms with Gasteiger partial charge in [-0.2, -0.15) is 10.3 Å². The summed E-state index contributed by atoms with van der Waals surface area (Å²) in [5.41, 5.74) is 2.49. The predicted octanol–water partition coefficient (Wildman–Crippen LogP) is 2.76. The quantitative estimate of drug-likeness (QED) is 0.826. The first-order valence-corrected chi connectivity index (χ1v) is 6.10. The SMILES string of the molecule is C=C/C=C(\C=C/C)c1cc(-c2nn[nH]n2)[nH]n1.CC. The van der Waals surface area contributed by atoms with E-state index in [-0.39, 0.29) is 0 Å². The lowest BCUT2D eigenvalue weighted by atomic mass is 10.1. The fourth-order valence-corrected chi connectivity index (χ4v) is 1.39. The van der Waals surface area contributed by atoms with Crippen molar-refractivity contribution in [3.05, 3.63) is 42.6 Å². The summed E-state index contributed by atoms with van der Waals surface area (Å²) < 4.78 is 0. The smallest absolute Gasteiger partial charge is 0.222 e. The molecular formula is C13H18N6. The normalized spacial score (nSPS) is 11.2. The molecule has 0 amide bonds. The minimum Gasteiger partial charge on any atom is -0.274 e. The molecule has 0 saturated carbocycles. The van der Waals surface area contributed by atoms with Crippen LogP contribution in [-0.2, 0) is 0 Å². The van der Waals surface area contributed by atoms with Crippen molar-refractivity contribution in [3.8, 4) is 11.5 Å².